The quantitative estimate of drug-likeness (QED) is 0.670. The van der Waals surface area contributed by atoms with E-state index in [1.807, 2.05) is 0 Å². The summed E-state index contributed by atoms with van der Waals surface area (Å²) in [5, 5.41) is 4.54. The van der Waals surface area contributed by atoms with Crippen molar-refractivity contribution in [1.29, 1.82) is 0 Å². The Morgan fingerprint density at radius 3 is 2.64 bits per heavy atom. The van der Waals surface area contributed by atoms with Gasteiger partial charge in [0.2, 0.25) is 0 Å². The summed E-state index contributed by atoms with van der Waals surface area (Å²) < 4.78 is 2.19. The average Bonchev–Trinajstić information content (AvgIpc) is 2.66. The average molecular weight is 191 g/mol. The predicted octanol–water partition coefficient (Wildman–Crippen LogP) is 1.46. The number of piperidine rings is 3. The number of fused-ring (bicyclic) bond motifs is 3. The normalized spacial score (nSPS) is 36.2. The standard InChI is InChI=1S/C11H17N3/c1-9-2-7-14(12-9)11-8-13-5-3-10(11)4-6-13/h2,7,10-11H,3-6,8H2,1H3. The number of aryl methyl sites for hydroxylation is 1. The van der Waals surface area contributed by atoms with Crippen LogP contribution in [0.25, 0.3) is 0 Å². The van der Waals surface area contributed by atoms with Gasteiger partial charge in [0.25, 0.3) is 0 Å². The molecule has 2 bridgehead atoms. The molecule has 1 aromatic heterocycles. The molecular weight excluding hydrogens is 174 g/mol. The molecule has 76 valence electrons. The zero-order valence-electron chi connectivity index (χ0n) is 8.69. The van der Waals surface area contributed by atoms with Crippen LogP contribution in [0.15, 0.2) is 12.3 Å². The highest BCUT2D eigenvalue weighted by Crippen LogP contribution is 2.34. The highest BCUT2D eigenvalue weighted by molar-refractivity contribution is 4.99. The van der Waals surface area contributed by atoms with Gasteiger partial charge in [0.1, 0.15) is 0 Å². The lowest BCUT2D eigenvalue weighted by molar-refractivity contribution is 0.0511. The van der Waals surface area contributed by atoms with Crippen LogP contribution in [-0.4, -0.2) is 34.3 Å². The number of hydrogen-bond donors (Lipinski definition) is 0. The molecule has 1 atom stereocenters. The van der Waals surface area contributed by atoms with Gasteiger partial charge in [0.05, 0.1) is 11.7 Å². The molecule has 3 saturated heterocycles. The first-order valence-corrected chi connectivity index (χ1v) is 5.57. The Kier molecular flexibility index (Phi) is 1.87. The first-order valence-electron chi connectivity index (χ1n) is 5.57. The summed E-state index contributed by atoms with van der Waals surface area (Å²) in [5.74, 6) is 0.874. The van der Waals surface area contributed by atoms with Crippen molar-refractivity contribution in [2.75, 3.05) is 19.6 Å². The maximum Gasteiger partial charge on any atom is 0.0675 e. The molecule has 1 aromatic rings. The van der Waals surface area contributed by atoms with E-state index in [0.29, 0.717) is 6.04 Å². The Hall–Kier alpha value is -0.830. The van der Waals surface area contributed by atoms with Crippen molar-refractivity contribution in [1.82, 2.24) is 14.7 Å². The van der Waals surface area contributed by atoms with Crippen LogP contribution < -0.4 is 0 Å². The van der Waals surface area contributed by atoms with Gasteiger partial charge in [-0.3, -0.25) is 4.68 Å². The van der Waals surface area contributed by atoms with Gasteiger partial charge in [0.15, 0.2) is 0 Å². The van der Waals surface area contributed by atoms with Crippen molar-refractivity contribution in [3.63, 3.8) is 0 Å². The van der Waals surface area contributed by atoms with Gasteiger partial charge < -0.3 is 4.90 Å². The second-order valence-electron chi connectivity index (χ2n) is 4.64. The van der Waals surface area contributed by atoms with E-state index in [9.17, 15) is 0 Å². The highest BCUT2D eigenvalue weighted by Gasteiger charge is 2.35. The monoisotopic (exact) mass is 191 g/mol. The van der Waals surface area contributed by atoms with Gasteiger partial charge in [-0.15, -0.1) is 0 Å². The molecule has 3 aliphatic heterocycles. The van der Waals surface area contributed by atoms with Gasteiger partial charge in [0, 0.05) is 12.7 Å². The van der Waals surface area contributed by atoms with Crippen molar-refractivity contribution < 1.29 is 0 Å². The molecule has 0 aliphatic carbocycles. The summed E-state index contributed by atoms with van der Waals surface area (Å²) in [6, 6.07) is 2.75. The third-order valence-corrected chi connectivity index (χ3v) is 3.70. The topological polar surface area (TPSA) is 21.1 Å². The molecule has 0 saturated carbocycles. The van der Waals surface area contributed by atoms with E-state index in [1.54, 1.807) is 0 Å². The van der Waals surface area contributed by atoms with Gasteiger partial charge >= 0.3 is 0 Å². The van der Waals surface area contributed by atoms with Crippen molar-refractivity contribution in [3.8, 4) is 0 Å². The van der Waals surface area contributed by atoms with Gasteiger partial charge in [-0.05, 0) is 44.8 Å². The SMILES string of the molecule is Cc1ccn(C2CN3CCC2CC3)n1. The second-order valence-corrected chi connectivity index (χ2v) is 4.64. The molecule has 0 radical (unpaired) electrons. The third-order valence-electron chi connectivity index (χ3n) is 3.70. The van der Waals surface area contributed by atoms with Gasteiger partial charge in [-0.1, -0.05) is 0 Å². The van der Waals surface area contributed by atoms with E-state index in [0.717, 1.165) is 11.6 Å². The minimum Gasteiger partial charge on any atom is -0.301 e. The molecule has 0 aromatic carbocycles. The summed E-state index contributed by atoms with van der Waals surface area (Å²) >= 11 is 0. The molecule has 3 fully saturated rings. The maximum absolute atomic E-state index is 4.54. The molecule has 0 amide bonds. The smallest absolute Gasteiger partial charge is 0.0675 e. The molecule has 3 nitrogen and oxygen atoms in total. The predicted molar refractivity (Wildman–Crippen MR) is 55.2 cm³/mol. The van der Waals surface area contributed by atoms with Crippen LogP contribution in [0, 0.1) is 12.8 Å². The Morgan fingerprint density at radius 1 is 1.36 bits per heavy atom. The maximum atomic E-state index is 4.54. The Bertz CT molecular complexity index is 323. The summed E-state index contributed by atoms with van der Waals surface area (Å²) in [5.41, 5.74) is 1.14. The lowest BCUT2D eigenvalue weighted by Gasteiger charge is -2.44. The Morgan fingerprint density at radius 2 is 2.14 bits per heavy atom. The van der Waals surface area contributed by atoms with Crippen LogP contribution in [0.5, 0.6) is 0 Å². The minimum absolute atomic E-state index is 0.645. The molecule has 14 heavy (non-hydrogen) atoms. The number of nitrogens with zero attached hydrogens (tertiary/aromatic N) is 3. The molecule has 4 rings (SSSR count). The first-order chi connectivity index (χ1) is 6.83. The van der Waals surface area contributed by atoms with Crippen LogP contribution in [0.2, 0.25) is 0 Å². The summed E-state index contributed by atoms with van der Waals surface area (Å²) in [6.07, 6.45) is 4.87. The zero-order chi connectivity index (χ0) is 9.54. The van der Waals surface area contributed by atoms with Crippen molar-refractivity contribution in [2.24, 2.45) is 5.92 Å². The molecule has 3 heteroatoms. The second kappa shape index (κ2) is 3.09. The van der Waals surface area contributed by atoms with Crippen LogP contribution in [0.4, 0.5) is 0 Å². The van der Waals surface area contributed by atoms with E-state index < -0.39 is 0 Å². The van der Waals surface area contributed by atoms with E-state index in [1.165, 1.54) is 32.5 Å². The first kappa shape index (κ1) is 8.48. The summed E-state index contributed by atoms with van der Waals surface area (Å²) in [6.45, 7) is 5.90. The van der Waals surface area contributed by atoms with Gasteiger partial charge in [-0.25, -0.2) is 0 Å². The Balaban J connectivity index is 1.85. The van der Waals surface area contributed by atoms with E-state index in [4.69, 9.17) is 0 Å². The van der Waals surface area contributed by atoms with E-state index in [-0.39, 0.29) is 0 Å². The lowest BCUT2D eigenvalue weighted by Crippen LogP contribution is -2.48. The van der Waals surface area contributed by atoms with Crippen LogP contribution in [0.3, 0.4) is 0 Å². The highest BCUT2D eigenvalue weighted by atomic mass is 15.3. The van der Waals surface area contributed by atoms with Crippen LogP contribution in [-0.2, 0) is 0 Å². The molecule has 0 spiro atoms. The fourth-order valence-corrected chi connectivity index (χ4v) is 2.85. The summed E-state index contributed by atoms with van der Waals surface area (Å²) in [4.78, 5) is 2.57. The Labute approximate surface area is 84.7 Å². The minimum atomic E-state index is 0.645. The molecule has 3 aliphatic rings. The van der Waals surface area contributed by atoms with Crippen molar-refractivity contribution in [2.45, 2.75) is 25.8 Å². The molecule has 1 unspecified atom stereocenters. The van der Waals surface area contributed by atoms with Crippen LogP contribution >= 0.6 is 0 Å². The fraction of sp³-hybridized carbons (Fsp3) is 0.727. The largest absolute Gasteiger partial charge is 0.301 e. The van der Waals surface area contributed by atoms with Crippen LogP contribution in [0.1, 0.15) is 24.6 Å². The van der Waals surface area contributed by atoms with Crippen molar-refractivity contribution >= 4 is 0 Å². The molecule has 0 N–H and O–H groups in total. The number of rotatable bonds is 1. The number of hydrogen-bond acceptors (Lipinski definition) is 2. The fourth-order valence-electron chi connectivity index (χ4n) is 2.85. The number of aromatic nitrogens is 2. The third kappa shape index (κ3) is 1.27. The summed E-state index contributed by atoms with van der Waals surface area (Å²) in [7, 11) is 0. The van der Waals surface area contributed by atoms with Crippen molar-refractivity contribution in [3.05, 3.63) is 18.0 Å². The van der Waals surface area contributed by atoms with E-state index >= 15 is 0 Å². The lowest BCUT2D eigenvalue weighted by atomic mass is 9.84. The molecule has 4 heterocycles. The van der Waals surface area contributed by atoms with Gasteiger partial charge in [-0.2, -0.15) is 5.10 Å². The molecular formula is C11H17N3. The van der Waals surface area contributed by atoms with E-state index in [2.05, 4.69) is 33.9 Å². The zero-order valence-corrected chi connectivity index (χ0v) is 8.69.